The van der Waals surface area contributed by atoms with Gasteiger partial charge in [-0.05, 0) is 55.5 Å². The number of fused-ring (bicyclic) bond motifs is 1. The Morgan fingerprint density at radius 3 is 2.52 bits per heavy atom. The Kier molecular flexibility index (Phi) is 4.92. The Morgan fingerprint density at radius 2 is 1.76 bits per heavy atom. The Hall–Kier alpha value is -2.53. The molecule has 2 saturated heterocycles. The van der Waals surface area contributed by atoms with Crippen molar-refractivity contribution in [1.82, 2.24) is 9.88 Å². The highest BCUT2D eigenvalue weighted by Crippen LogP contribution is 2.35. The van der Waals surface area contributed by atoms with Crippen molar-refractivity contribution in [3.05, 3.63) is 59.1 Å². The standard InChI is InChI=1S/C23H24ClN3O2/c24-18-9-7-16(8-10-18)20-5-3-13-27(20)22(28)17-11-14-26(15-12-17)23-25-19-4-1-2-6-21(19)29-23/h1-2,4,6-10,17,20H,3,5,11-15H2/t20-/m1/s1. The molecule has 29 heavy (non-hydrogen) atoms. The SMILES string of the molecule is O=C(C1CCN(c2nc3ccccc3o2)CC1)N1CCC[C@@H]1c1ccc(Cl)cc1. The van der Waals surface area contributed by atoms with Crippen LogP contribution in [0.4, 0.5) is 6.01 Å². The number of piperidine rings is 1. The minimum atomic E-state index is 0.0727. The lowest BCUT2D eigenvalue weighted by Gasteiger charge is -2.34. The molecule has 2 fully saturated rings. The molecule has 0 aliphatic carbocycles. The summed E-state index contributed by atoms with van der Waals surface area (Å²) in [6.07, 6.45) is 3.75. The zero-order valence-corrected chi connectivity index (χ0v) is 17.0. The number of oxazole rings is 1. The zero-order chi connectivity index (χ0) is 19.8. The molecule has 2 aliphatic rings. The average molecular weight is 410 g/mol. The molecule has 1 amide bonds. The van der Waals surface area contributed by atoms with Crippen LogP contribution >= 0.6 is 11.6 Å². The molecule has 5 rings (SSSR count). The summed E-state index contributed by atoms with van der Waals surface area (Å²) in [6.45, 7) is 2.43. The molecular weight excluding hydrogens is 386 g/mol. The van der Waals surface area contributed by atoms with E-state index in [2.05, 4.69) is 26.9 Å². The monoisotopic (exact) mass is 409 g/mol. The van der Waals surface area contributed by atoms with Crippen LogP contribution in [0, 0.1) is 5.92 Å². The third-order valence-corrected chi connectivity index (χ3v) is 6.44. The molecule has 1 atom stereocenters. The smallest absolute Gasteiger partial charge is 0.298 e. The highest BCUT2D eigenvalue weighted by molar-refractivity contribution is 6.30. The van der Waals surface area contributed by atoms with Gasteiger partial charge in [0.1, 0.15) is 5.52 Å². The summed E-state index contributed by atoms with van der Waals surface area (Å²) in [5, 5.41) is 0.733. The third kappa shape index (κ3) is 3.60. The maximum absolute atomic E-state index is 13.3. The summed E-state index contributed by atoms with van der Waals surface area (Å²) in [5.41, 5.74) is 2.87. The van der Waals surface area contributed by atoms with Gasteiger partial charge in [0, 0.05) is 30.6 Å². The number of hydrogen-bond donors (Lipinski definition) is 0. The van der Waals surface area contributed by atoms with Gasteiger partial charge in [0.2, 0.25) is 5.91 Å². The second kappa shape index (κ2) is 7.71. The number of para-hydroxylation sites is 2. The van der Waals surface area contributed by atoms with E-state index in [4.69, 9.17) is 16.0 Å². The first kappa shape index (κ1) is 18.5. The summed E-state index contributed by atoms with van der Waals surface area (Å²) < 4.78 is 5.90. The first-order valence-corrected chi connectivity index (χ1v) is 10.7. The van der Waals surface area contributed by atoms with Gasteiger partial charge in [0.05, 0.1) is 6.04 Å². The van der Waals surface area contributed by atoms with Gasteiger partial charge in [0.25, 0.3) is 6.01 Å². The Balaban J connectivity index is 1.25. The van der Waals surface area contributed by atoms with E-state index >= 15 is 0 Å². The van der Waals surface area contributed by atoms with Crippen molar-refractivity contribution < 1.29 is 9.21 Å². The molecule has 3 aromatic rings. The lowest BCUT2D eigenvalue weighted by Crippen LogP contribution is -2.42. The fourth-order valence-electron chi connectivity index (χ4n) is 4.61. The molecule has 1 aromatic heterocycles. The number of aromatic nitrogens is 1. The second-order valence-corrected chi connectivity index (χ2v) is 8.40. The lowest BCUT2D eigenvalue weighted by atomic mass is 9.94. The first-order chi connectivity index (χ1) is 14.2. The maximum atomic E-state index is 13.3. The van der Waals surface area contributed by atoms with Crippen LogP contribution in [0.15, 0.2) is 52.9 Å². The van der Waals surface area contributed by atoms with Crippen molar-refractivity contribution >= 4 is 34.6 Å². The van der Waals surface area contributed by atoms with Gasteiger partial charge in [0.15, 0.2) is 5.58 Å². The number of hydrogen-bond acceptors (Lipinski definition) is 4. The van der Waals surface area contributed by atoms with E-state index in [9.17, 15) is 4.79 Å². The highest BCUT2D eigenvalue weighted by Gasteiger charge is 2.36. The van der Waals surface area contributed by atoms with Crippen LogP contribution in [0.5, 0.6) is 0 Å². The molecule has 2 aromatic carbocycles. The summed E-state index contributed by atoms with van der Waals surface area (Å²) in [7, 11) is 0. The maximum Gasteiger partial charge on any atom is 0.298 e. The summed E-state index contributed by atoms with van der Waals surface area (Å²) in [4.78, 5) is 22.1. The number of amides is 1. The van der Waals surface area contributed by atoms with Crippen LogP contribution in [0.1, 0.15) is 37.3 Å². The van der Waals surface area contributed by atoms with Crippen LogP contribution < -0.4 is 4.90 Å². The molecule has 3 heterocycles. The van der Waals surface area contributed by atoms with Gasteiger partial charge < -0.3 is 14.2 Å². The number of nitrogens with zero attached hydrogens (tertiary/aromatic N) is 3. The van der Waals surface area contributed by atoms with Crippen LogP contribution in [-0.2, 0) is 4.79 Å². The van der Waals surface area contributed by atoms with E-state index in [1.165, 1.54) is 5.56 Å². The summed E-state index contributed by atoms with van der Waals surface area (Å²) in [5.74, 6) is 0.364. The van der Waals surface area contributed by atoms with Crippen molar-refractivity contribution in [3.8, 4) is 0 Å². The predicted octanol–water partition coefficient (Wildman–Crippen LogP) is 5.06. The van der Waals surface area contributed by atoms with Gasteiger partial charge in [-0.15, -0.1) is 0 Å². The quantitative estimate of drug-likeness (QED) is 0.606. The average Bonchev–Trinajstić information content (AvgIpc) is 3.41. The molecule has 2 aliphatic heterocycles. The van der Waals surface area contributed by atoms with Gasteiger partial charge in [-0.3, -0.25) is 4.79 Å². The Bertz CT molecular complexity index is 975. The molecule has 0 unspecified atom stereocenters. The van der Waals surface area contributed by atoms with Crippen LogP contribution in [0.2, 0.25) is 5.02 Å². The molecule has 0 bridgehead atoms. The zero-order valence-electron chi connectivity index (χ0n) is 16.3. The van der Waals surface area contributed by atoms with Crippen LogP contribution in [0.3, 0.4) is 0 Å². The van der Waals surface area contributed by atoms with E-state index in [1.807, 2.05) is 36.4 Å². The number of carbonyl (C=O) groups is 1. The van der Waals surface area contributed by atoms with E-state index in [0.29, 0.717) is 11.9 Å². The van der Waals surface area contributed by atoms with Crippen molar-refractivity contribution in [1.29, 1.82) is 0 Å². The molecular formula is C23H24ClN3O2. The van der Waals surface area contributed by atoms with Gasteiger partial charge in [-0.25, -0.2) is 0 Å². The normalized spacial score (nSPS) is 20.5. The minimum Gasteiger partial charge on any atom is -0.423 e. The van der Waals surface area contributed by atoms with E-state index in [0.717, 1.165) is 61.4 Å². The third-order valence-electron chi connectivity index (χ3n) is 6.19. The fraction of sp³-hybridized carbons (Fsp3) is 0.391. The van der Waals surface area contributed by atoms with Crippen molar-refractivity contribution in [2.24, 2.45) is 5.92 Å². The van der Waals surface area contributed by atoms with Crippen molar-refractivity contribution in [3.63, 3.8) is 0 Å². The molecule has 150 valence electrons. The van der Waals surface area contributed by atoms with Gasteiger partial charge in [-0.2, -0.15) is 4.98 Å². The number of benzene rings is 2. The number of halogens is 1. The molecule has 0 N–H and O–H groups in total. The van der Waals surface area contributed by atoms with Crippen LogP contribution in [0.25, 0.3) is 11.1 Å². The minimum absolute atomic E-state index is 0.0727. The van der Waals surface area contributed by atoms with E-state index in [-0.39, 0.29) is 12.0 Å². The molecule has 0 saturated carbocycles. The molecule has 0 spiro atoms. The second-order valence-electron chi connectivity index (χ2n) is 7.97. The van der Waals surface area contributed by atoms with Gasteiger partial charge in [-0.1, -0.05) is 35.9 Å². The van der Waals surface area contributed by atoms with E-state index in [1.54, 1.807) is 0 Å². The Morgan fingerprint density at radius 1 is 1.00 bits per heavy atom. The fourth-order valence-corrected chi connectivity index (χ4v) is 4.74. The molecule has 0 radical (unpaired) electrons. The predicted molar refractivity (Wildman–Crippen MR) is 114 cm³/mol. The number of anilines is 1. The van der Waals surface area contributed by atoms with Gasteiger partial charge >= 0.3 is 0 Å². The van der Waals surface area contributed by atoms with Crippen molar-refractivity contribution in [2.75, 3.05) is 24.5 Å². The van der Waals surface area contributed by atoms with Crippen LogP contribution in [-0.4, -0.2) is 35.4 Å². The molecule has 5 nitrogen and oxygen atoms in total. The van der Waals surface area contributed by atoms with Crippen molar-refractivity contribution in [2.45, 2.75) is 31.7 Å². The summed E-state index contributed by atoms with van der Waals surface area (Å²) >= 11 is 6.03. The number of likely N-dealkylation sites (tertiary alicyclic amines) is 1. The summed E-state index contributed by atoms with van der Waals surface area (Å²) in [6, 6.07) is 16.6. The topological polar surface area (TPSA) is 49.6 Å². The first-order valence-electron chi connectivity index (χ1n) is 10.4. The lowest BCUT2D eigenvalue weighted by molar-refractivity contribution is -0.137. The highest BCUT2D eigenvalue weighted by atomic mass is 35.5. The number of rotatable bonds is 3. The largest absolute Gasteiger partial charge is 0.423 e. The molecule has 6 heteroatoms. The van der Waals surface area contributed by atoms with E-state index < -0.39 is 0 Å². The number of carbonyl (C=O) groups excluding carboxylic acids is 1. The Labute approximate surface area is 175 Å².